The lowest BCUT2D eigenvalue weighted by Gasteiger charge is -2.31. The summed E-state index contributed by atoms with van der Waals surface area (Å²) in [7, 11) is -3.20. The highest BCUT2D eigenvalue weighted by molar-refractivity contribution is 7.88. The number of hydrogen-bond donors (Lipinski definition) is 2. The Balaban J connectivity index is 1.94. The van der Waals surface area contributed by atoms with E-state index in [2.05, 4.69) is 10.6 Å². The number of carbonyl (C=O) groups excluding carboxylic acids is 1. The minimum atomic E-state index is -3.20. The molecule has 0 aromatic heterocycles. The van der Waals surface area contributed by atoms with Gasteiger partial charge >= 0.3 is 6.03 Å². The fourth-order valence-electron chi connectivity index (χ4n) is 2.66. The molecule has 1 fully saturated rings. The second-order valence-corrected chi connectivity index (χ2v) is 7.55. The van der Waals surface area contributed by atoms with Crippen LogP contribution in [0.5, 0.6) is 0 Å². The molecule has 0 spiro atoms. The predicted octanol–water partition coefficient (Wildman–Crippen LogP) is 1.79. The molecule has 0 saturated carbocycles. The van der Waals surface area contributed by atoms with Crippen LogP contribution in [0.15, 0.2) is 24.3 Å². The summed E-state index contributed by atoms with van der Waals surface area (Å²) in [5, 5.41) is 5.71. The van der Waals surface area contributed by atoms with E-state index >= 15 is 0 Å². The van der Waals surface area contributed by atoms with Gasteiger partial charge in [-0.1, -0.05) is 25.1 Å². The molecule has 2 amide bonds. The number of hydrogen-bond acceptors (Lipinski definition) is 3. The molecule has 1 aromatic rings. The summed E-state index contributed by atoms with van der Waals surface area (Å²) in [5.41, 5.74) is 1.86. The fraction of sp³-hybridized carbons (Fsp3) is 0.533. The molecular weight excluding hydrogens is 302 g/mol. The number of nitrogens with one attached hydrogen (secondary N) is 2. The van der Waals surface area contributed by atoms with Gasteiger partial charge in [0, 0.05) is 24.8 Å². The average Bonchev–Trinajstić information content (AvgIpc) is 2.47. The summed E-state index contributed by atoms with van der Waals surface area (Å²) < 4.78 is 24.6. The van der Waals surface area contributed by atoms with E-state index in [1.54, 1.807) is 0 Å². The van der Waals surface area contributed by atoms with Gasteiger partial charge < -0.3 is 10.6 Å². The lowest BCUT2D eigenvalue weighted by atomic mass is 10.1. The minimum Gasteiger partial charge on any atom is -0.334 e. The minimum absolute atomic E-state index is 0.155. The van der Waals surface area contributed by atoms with Crippen molar-refractivity contribution in [2.45, 2.75) is 32.2 Å². The first-order valence-electron chi connectivity index (χ1n) is 7.50. The standard InChI is InChI=1S/C15H23N3O3S/c1-3-12-7-4-5-9-14(12)17-15(19)16-13-8-6-10-18(11-13)22(2,20)21/h4-5,7,9,13H,3,6,8,10-11H2,1-2H3,(H2,16,17,19)/t13-/m1/s1. The first-order chi connectivity index (χ1) is 10.4. The van der Waals surface area contributed by atoms with Crippen molar-refractivity contribution in [3.8, 4) is 0 Å². The van der Waals surface area contributed by atoms with Crippen LogP contribution in [0.4, 0.5) is 10.5 Å². The summed E-state index contributed by atoms with van der Waals surface area (Å²) in [6, 6.07) is 7.20. The van der Waals surface area contributed by atoms with E-state index in [1.807, 2.05) is 31.2 Å². The number of aryl methyl sites for hydroxylation is 1. The number of anilines is 1. The second kappa shape index (κ2) is 7.11. The number of rotatable bonds is 4. The number of urea groups is 1. The highest BCUT2D eigenvalue weighted by Crippen LogP contribution is 2.16. The number of carbonyl (C=O) groups is 1. The zero-order valence-corrected chi connectivity index (χ0v) is 13.8. The van der Waals surface area contributed by atoms with Crippen LogP contribution in [0, 0.1) is 0 Å². The van der Waals surface area contributed by atoms with E-state index in [0.717, 1.165) is 30.5 Å². The van der Waals surface area contributed by atoms with E-state index in [4.69, 9.17) is 0 Å². The van der Waals surface area contributed by atoms with Gasteiger partial charge in [0.1, 0.15) is 0 Å². The Hall–Kier alpha value is -1.60. The maximum Gasteiger partial charge on any atom is 0.319 e. The molecule has 1 aromatic carbocycles. The zero-order valence-electron chi connectivity index (χ0n) is 13.0. The topological polar surface area (TPSA) is 78.5 Å². The quantitative estimate of drug-likeness (QED) is 0.886. The molecule has 22 heavy (non-hydrogen) atoms. The van der Waals surface area contributed by atoms with Crippen molar-refractivity contribution in [1.29, 1.82) is 0 Å². The van der Waals surface area contributed by atoms with Gasteiger partial charge in [-0.05, 0) is 30.9 Å². The third kappa shape index (κ3) is 4.45. The van der Waals surface area contributed by atoms with Gasteiger partial charge in [0.2, 0.25) is 10.0 Å². The molecule has 7 heteroatoms. The molecule has 1 atom stereocenters. The third-order valence-corrected chi connectivity index (χ3v) is 5.10. The van der Waals surface area contributed by atoms with Gasteiger partial charge in [-0.25, -0.2) is 17.5 Å². The molecule has 2 N–H and O–H groups in total. The Morgan fingerprint density at radius 1 is 1.36 bits per heavy atom. The molecular formula is C15H23N3O3S. The van der Waals surface area contributed by atoms with Crippen molar-refractivity contribution in [3.63, 3.8) is 0 Å². The summed E-state index contributed by atoms with van der Waals surface area (Å²) in [4.78, 5) is 12.1. The summed E-state index contributed by atoms with van der Waals surface area (Å²) in [6.45, 7) is 2.89. The van der Waals surface area contributed by atoms with Crippen LogP contribution < -0.4 is 10.6 Å². The Bertz CT molecular complexity index is 631. The summed E-state index contributed by atoms with van der Waals surface area (Å²) in [6.07, 6.45) is 3.58. The van der Waals surface area contributed by atoms with E-state index in [0.29, 0.717) is 13.1 Å². The van der Waals surface area contributed by atoms with Crippen LogP contribution in [0.2, 0.25) is 0 Å². The molecule has 1 heterocycles. The van der Waals surface area contributed by atoms with E-state index < -0.39 is 10.0 Å². The Morgan fingerprint density at radius 2 is 2.09 bits per heavy atom. The van der Waals surface area contributed by atoms with Crippen LogP contribution in [0.3, 0.4) is 0 Å². The van der Waals surface area contributed by atoms with Crippen LogP contribution in [0.1, 0.15) is 25.3 Å². The van der Waals surface area contributed by atoms with Crippen molar-refractivity contribution < 1.29 is 13.2 Å². The molecule has 0 aliphatic carbocycles. The maximum atomic E-state index is 12.1. The second-order valence-electron chi connectivity index (χ2n) is 5.57. The number of para-hydroxylation sites is 1. The van der Waals surface area contributed by atoms with Gasteiger partial charge in [0.05, 0.1) is 6.26 Å². The average molecular weight is 325 g/mol. The van der Waals surface area contributed by atoms with E-state index in [1.165, 1.54) is 10.6 Å². The van der Waals surface area contributed by atoms with Crippen molar-refractivity contribution in [3.05, 3.63) is 29.8 Å². The van der Waals surface area contributed by atoms with Crippen LogP contribution in [0.25, 0.3) is 0 Å². The highest BCUT2D eigenvalue weighted by Gasteiger charge is 2.26. The largest absolute Gasteiger partial charge is 0.334 e. The Morgan fingerprint density at radius 3 is 2.77 bits per heavy atom. The Labute approximate surface area is 131 Å². The lowest BCUT2D eigenvalue weighted by molar-refractivity contribution is 0.236. The van der Waals surface area contributed by atoms with Gasteiger partial charge in [-0.3, -0.25) is 0 Å². The highest BCUT2D eigenvalue weighted by atomic mass is 32.2. The predicted molar refractivity (Wildman–Crippen MR) is 87.4 cm³/mol. The maximum absolute atomic E-state index is 12.1. The molecule has 0 unspecified atom stereocenters. The third-order valence-electron chi connectivity index (χ3n) is 3.83. The number of sulfonamides is 1. The van der Waals surface area contributed by atoms with Crippen molar-refractivity contribution in [2.75, 3.05) is 24.7 Å². The number of amides is 2. The first-order valence-corrected chi connectivity index (χ1v) is 9.35. The molecule has 2 rings (SSSR count). The van der Waals surface area contributed by atoms with Gasteiger partial charge in [-0.15, -0.1) is 0 Å². The normalized spacial score (nSPS) is 19.6. The smallest absolute Gasteiger partial charge is 0.319 e. The summed E-state index contributed by atoms with van der Waals surface area (Å²) in [5.74, 6) is 0. The lowest BCUT2D eigenvalue weighted by Crippen LogP contribution is -2.50. The molecule has 122 valence electrons. The van der Waals surface area contributed by atoms with Crippen LogP contribution in [-0.2, 0) is 16.4 Å². The molecule has 1 aliphatic rings. The number of piperidine rings is 1. The first kappa shape index (κ1) is 16.8. The molecule has 1 saturated heterocycles. The van der Waals surface area contributed by atoms with Crippen molar-refractivity contribution in [2.24, 2.45) is 0 Å². The Kier molecular flexibility index (Phi) is 5.42. The van der Waals surface area contributed by atoms with E-state index in [9.17, 15) is 13.2 Å². The fourth-order valence-corrected chi connectivity index (χ4v) is 3.57. The summed E-state index contributed by atoms with van der Waals surface area (Å²) >= 11 is 0. The molecule has 6 nitrogen and oxygen atoms in total. The van der Waals surface area contributed by atoms with Crippen molar-refractivity contribution >= 4 is 21.7 Å². The SMILES string of the molecule is CCc1ccccc1NC(=O)N[C@@H]1CCCN(S(C)(=O)=O)C1. The monoisotopic (exact) mass is 325 g/mol. The van der Waals surface area contributed by atoms with Crippen LogP contribution >= 0.6 is 0 Å². The zero-order chi connectivity index (χ0) is 16.2. The number of nitrogens with zero attached hydrogens (tertiary/aromatic N) is 1. The van der Waals surface area contributed by atoms with Crippen molar-refractivity contribution in [1.82, 2.24) is 9.62 Å². The van der Waals surface area contributed by atoms with Gasteiger partial charge in [0.15, 0.2) is 0 Å². The molecule has 1 aliphatic heterocycles. The van der Waals surface area contributed by atoms with Crippen LogP contribution in [-0.4, -0.2) is 44.1 Å². The van der Waals surface area contributed by atoms with Gasteiger partial charge in [0.25, 0.3) is 0 Å². The van der Waals surface area contributed by atoms with Gasteiger partial charge in [-0.2, -0.15) is 0 Å². The number of benzene rings is 1. The van der Waals surface area contributed by atoms with E-state index in [-0.39, 0.29) is 12.1 Å². The molecule has 0 bridgehead atoms. The molecule has 0 radical (unpaired) electrons.